The maximum atomic E-state index is 2.56. The third-order valence-corrected chi connectivity index (χ3v) is 9.70. The molecule has 0 heterocycles. The molecule has 3 unspecified atom stereocenters. The zero-order chi connectivity index (χ0) is 13.5. The van der Waals surface area contributed by atoms with Gasteiger partial charge in [0.1, 0.15) is 0 Å². The molecule has 0 rings (SSSR count). The Hall–Kier alpha value is 0.700. The highest BCUT2D eigenvalue weighted by Crippen LogP contribution is 2.47. The van der Waals surface area contributed by atoms with Crippen LogP contribution in [0.5, 0.6) is 0 Å². The van der Waals surface area contributed by atoms with Gasteiger partial charge in [0.25, 0.3) is 0 Å². The van der Waals surface area contributed by atoms with E-state index in [1.807, 2.05) is 0 Å². The highest BCUT2D eigenvalue weighted by Gasteiger charge is 2.28. The fourth-order valence-corrected chi connectivity index (χ4v) is 5.88. The summed E-state index contributed by atoms with van der Waals surface area (Å²) in [4.78, 5) is 0. The minimum absolute atomic E-state index is 0.332. The van der Waals surface area contributed by atoms with E-state index in [0.717, 1.165) is 17.1 Å². The van der Waals surface area contributed by atoms with E-state index in [0.29, 0.717) is 0 Å². The average molecular weight is 279 g/mol. The van der Waals surface area contributed by atoms with Crippen molar-refractivity contribution >= 4 is 21.8 Å². The molecule has 0 nitrogen and oxygen atoms in total. The van der Waals surface area contributed by atoms with Crippen LogP contribution < -0.4 is 0 Å². The van der Waals surface area contributed by atoms with Gasteiger partial charge in [0, 0.05) is 5.25 Å². The summed E-state index contributed by atoms with van der Waals surface area (Å²) in [5.41, 5.74) is 0. The van der Waals surface area contributed by atoms with Gasteiger partial charge in [0.2, 0.25) is 0 Å². The van der Waals surface area contributed by atoms with Crippen LogP contribution in [0.4, 0.5) is 0 Å². The van der Waals surface area contributed by atoms with E-state index < -0.39 is 0 Å². The molecular weight excluding hydrogens is 244 g/mol. The van der Waals surface area contributed by atoms with Crippen molar-refractivity contribution in [2.45, 2.75) is 52.7 Å². The lowest BCUT2D eigenvalue weighted by Crippen LogP contribution is -2.28. The summed E-state index contributed by atoms with van der Waals surface area (Å²) in [7, 11) is -0.332. The monoisotopic (exact) mass is 278 g/mol. The second-order valence-corrected chi connectivity index (χ2v) is 11.1. The lowest BCUT2D eigenvalue weighted by atomic mass is 9.87. The molecule has 0 spiro atoms. The Morgan fingerprint density at radius 2 is 1.53 bits per heavy atom. The molecule has 0 N–H and O–H groups in total. The van der Waals surface area contributed by atoms with E-state index >= 15 is 0 Å². The lowest BCUT2D eigenvalue weighted by Gasteiger charge is -2.41. The van der Waals surface area contributed by atoms with Gasteiger partial charge in [0.15, 0.2) is 0 Å². The van der Waals surface area contributed by atoms with E-state index in [1.165, 1.54) is 30.1 Å². The quantitative estimate of drug-likeness (QED) is 0.554. The Morgan fingerprint density at radius 3 is 1.82 bits per heavy atom. The predicted octanol–water partition coefficient (Wildman–Crippen LogP) is 5.26. The molecular formula is C15H34S2. The molecule has 0 saturated heterocycles. The standard InChI is InChI=1S/C15H34S2/c1-8-14(12-17(7,10-3)11-4)15(9-2)13(5)16-6/h13-15H,8-12H2,1-7H3. The van der Waals surface area contributed by atoms with Gasteiger partial charge in [-0.2, -0.15) is 11.8 Å². The third-order valence-electron chi connectivity index (χ3n) is 4.59. The second kappa shape index (κ2) is 8.74. The van der Waals surface area contributed by atoms with Crippen LogP contribution in [-0.2, 0) is 0 Å². The van der Waals surface area contributed by atoms with Crippen LogP contribution in [0, 0.1) is 11.8 Å². The molecule has 0 aliphatic carbocycles. The molecule has 0 aromatic heterocycles. The first-order valence-electron chi connectivity index (χ1n) is 7.22. The van der Waals surface area contributed by atoms with E-state index in [9.17, 15) is 0 Å². The topological polar surface area (TPSA) is 0 Å². The lowest BCUT2D eigenvalue weighted by molar-refractivity contribution is 0.341. The molecule has 0 radical (unpaired) electrons. The van der Waals surface area contributed by atoms with Gasteiger partial charge in [-0.15, -0.1) is 0 Å². The van der Waals surface area contributed by atoms with Crippen LogP contribution in [0.1, 0.15) is 47.5 Å². The molecule has 0 saturated carbocycles. The summed E-state index contributed by atoms with van der Waals surface area (Å²) in [6.07, 6.45) is 7.55. The molecule has 106 valence electrons. The van der Waals surface area contributed by atoms with Gasteiger partial charge in [-0.05, 0) is 41.6 Å². The number of rotatable bonds is 9. The zero-order valence-electron chi connectivity index (χ0n) is 13.1. The SMILES string of the molecule is CCC(CS(C)(CC)CC)C(CC)C(C)SC. The first kappa shape index (κ1) is 17.7. The Balaban J connectivity index is 4.69. The van der Waals surface area contributed by atoms with Crippen molar-refractivity contribution in [3.8, 4) is 0 Å². The second-order valence-electron chi connectivity index (χ2n) is 5.40. The summed E-state index contributed by atoms with van der Waals surface area (Å²) in [6.45, 7) is 12.0. The zero-order valence-corrected chi connectivity index (χ0v) is 14.7. The largest absolute Gasteiger partial charge is 0.244 e. The van der Waals surface area contributed by atoms with Crippen molar-refractivity contribution < 1.29 is 0 Å². The molecule has 0 fully saturated rings. The van der Waals surface area contributed by atoms with Crippen molar-refractivity contribution in [1.29, 1.82) is 0 Å². The van der Waals surface area contributed by atoms with Gasteiger partial charge < -0.3 is 0 Å². The minimum Gasteiger partial charge on any atom is -0.244 e. The molecule has 0 bridgehead atoms. The van der Waals surface area contributed by atoms with E-state index in [-0.39, 0.29) is 10.0 Å². The summed E-state index contributed by atoms with van der Waals surface area (Å²) in [6, 6.07) is 0. The van der Waals surface area contributed by atoms with Crippen LogP contribution in [0.3, 0.4) is 0 Å². The highest BCUT2D eigenvalue weighted by molar-refractivity contribution is 8.33. The average Bonchev–Trinajstić information content (AvgIpc) is 2.37. The molecule has 2 heteroatoms. The minimum atomic E-state index is -0.332. The Morgan fingerprint density at radius 1 is 1.00 bits per heavy atom. The molecule has 0 amide bonds. The van der Waals surface area contributed by atoms with Crippen LogP contribution in [0.2, 0.25) is 0 Å². The third kappa shape index (κ3) is 5.46. The number of thioether (sulfide) groups is 1. The predicted molar refractivity (Wildman–Crippen MR) is 90.0 cm³/mol. The maximum Gasteiger partial charge on any atom is 0.00470 e. The number of hydrogen-bond donors (Lipinski definition) is 0. The van der Waals surface area contributed by atoms with Crippen LogP contribution in [0.25, 0.3) is 0 Å². The molecule has 0 aromatic carbocycles. The summed E-state index contributed by atoms with van der Waals surface area (Å²) < 4.78 is 0. The van der Waals surface area contributed by atoms with Crippen molar-refractivity contribution in [2.24, 2.45) is 11.8 Å². The van der Waals surface area contributed by atoms with E-state index in [4.69, 9.17) is 0 Å². The summed E-state index contributed by atoms with van der Waals surface area (Å²) in [5.74, 6) is 6.18. The normalized spacial score (nSPS) is 18.8. The van der Waals surface area contributed by atoms with Crippen molar-refractivity contribution in [2.75, 3.05) is 29.8 Å². The van der Waals surface area contributed by atoms with Crippen LogP contribution >= 0.6 is 21.8 Å². The summed E-state index contributed by atoms with van der Waals surface area (Å²) in [5, 5.41) is 0.822. The van der Waals surface area contributed by atoms with Gasteiger partial charge in [-0.3, -0.25) is 0 Å². The van der Waals surface area contributed by atoms with Crippen molar-refractivity contribution in [3.63, 3.8) is 0 Å². The fraction of sp³-hybridized carbons (Fsp3) is 1.00. The molecule has 17 heavy (non-hydrogen) atoms. The first-order chi connectivity index (χ1) is 7.97. The maximum absolute atomic E-state index is 2.56. The Bertz CT molecular complexity index is 187. The van der Waals surface area contributed by atoms with Gasteiger partial charge in [-0.25, -0.2) is 10.0 Å². The molecule has 0 aliphatic rings. The highest BCUT2D eigenvalue weighted by atomic mass is 32.3. The summed E-state index contributed by atoms with van der Waals surface area (Å²) >= 11 is 2.05. The molecule has 0 aliphatic heterocycles. The fourth-order valence-electron chi connectivity index (χ4n) is 2.72. The van der Waals surface area contributed by atoms with Gasteiger partial charge in [-0.1, -0.05) is 47.5 Å². The van der Waals surface area contributed by atoms with Crippen molar-refractivity contribution in [3.05, 3.63) is 0 Å². The van der Waals surface area contributed by atoms with Crippen molar-refractivity contribution in [1.82, 2.24) is 0 Å². The smallest absolute Gasteiger partial charge is 0.00470 e. The Labute approximate surface area is 116 Å². The van der Waals surface area contributed by atoms with Crippen LogP contribution in [-0.4, -0.2) is 35.0 Å². The van der Waals surface area contributed by atoms with Crippen LogP contribution in [0.15, 0.2) is 0 Å². The Kier molecular flexibility index (Phi) is 9.10. The molecule has 3 atom stereocenters. The van der Waals surface area contributed by atoms with Gasteiger partial charge in [0.05, 0.1) is 0 Å². The number of hydrogen-bond acceptors (Lipinski definition) is 1. The van der Waals surface area contributed by atoms with E-state index in [1.54, 1.807) is 0 Å². The molecule has 0 aromatic rings. The van der Waals surface area contributed by atoms with Gasteiger partial charge >= 0.3 is 0 Å². The first-order valence-corrected chi connectivity index (χ1v) is 11.1. The van der Waals surface area contributed by atoms with E-state index in [2.05, 4.69) is 58.9 Å².